The summed E-state index contributed by atoms with van der Waals surface area (Å²) in [4.78, 5) is 11.4. The van der Waals surface area contributed by atoms with E-state index >= 15 is 0 Å². The molecule has 82 valence electrons. The fraction of sp³-hybridized carbons (Fsp3) is 0.462. The van der Waals surface area contributed by atoms with Gasteiger partial charge in [0, 0.05) is 5.56 Å². The van der Waals surface area contributed by atoms with Gasteiger partial charge < -0.3 is 0 Å². The third-order valence-corrected chi connectivity index (χ3v) is 3.16. The van der Waals surface area contributed by atoms with Crippen molar-refractivity contribution >= 4 is 28.4 Å². The number of aryl methyl sites for hydroxylation is 1. The molecule has 1 aromatic rings. The van der Waals surface area contributed by atoms with Gasteiger partial charge >= 0.3 is 0 Å². The van der Waals surface area contributed by atoms with E-state index in [1.54, 1.807) is 0 Å². The number of halogens is 1. The molecule has 0 aliphatic heterocycles. The van der Waals surface area contributed by atoms with Crippen LogP contribution in [-0.4, -0.2) is 10.2 Å². The third-order valence-electron chi connectivity index (χ3n) is 2.47. The number of rotatable bonds is 6. The molecule has 0 saturated heterocycles. The molecule has 0 N–H and O–H groups in total. The van der Waals surface area contributed by atoms with Crippen molar-refractivity contribution in [2.24, 2.45) is 0 Å². The number of carbonyl (C=O) groups excluding carboxylic acids is 1. The Bertz CT molecular complexity index is 303. The van der Waals surface area contributed by atoms with Gasteiger partial charge in [-0.1, -0.05) is 66.6 Å². The molecule has 0 aliphatic rings. The van der Waals surface area contributed by atoms with Crippen LogP contribution in [0.15, 0.2) is 24.3 Å². The zero-order valence-electron chi connectivity index (χ0n) is 9.13. The number of unbranched alkanes of at least 4 members (excludes halogenated alkanes) is 2. The van der Waals surface area contributed by atoms with Crippen LogP contribution >= 0.6 is 22.6 Å². The predicted octanol–water partition coefficient (Wildman–Crippen LogP) is 4.04. The third kappa shape index (κ3) is 4.33. The number of benzene rings is 1. The summed E-state index contributed by atoms with van der Waals surface area (Å²) < 4.78 is 0.562. The first-order valence-electron chi connectivity index (χ1n) is 5.46. The topological polar surface area (TPSA) is 17.1 Å². The van der Waals surface area contributed by atoms with Crippen LogP contribution in [0.4, 0.5) is 0 Å². The van der Waals surface area contributed by atoms with Crippen LogP contribution in [0.1, 0.15) is 42.1 Å². The molecule has 2 heteroatoms. The summed E-state index contributed by atoms with van der Waals surface area (Å²) in [7, 11) is 0. The predicted molar refractivity (Wildman–Crippen MR) is 72.9 cm³/mol. The van der Waals surface area contributed by atoms with Gasteiger partial charge in [0.15, 0.2) is 5.78 Å². The molecule has 0 saturated carbocycles. The van der Waals surface area contributed by atoms with Gasteiger partial charge in [-0.15, -0.1) is 0 Å². The second kappa shape index (κ2) is 6.99. The summed E-state index contributed by atoms with van der Waals surface area (Å²) in [6.07, 6.45) is 4.92. The average Bonchev–Trinajstić information content (AvgIpc) is 2.29. The number of carbonyl (C=O) groups is 1. The maximum atomic E-state index is 11.4. The van der Waals surface area contributed by atoms with Crippen molar-refractivity contribution in [3.05, 3.63) is 35.4 Å². The Morgan fingerprint density at radius 1 is 1.20 bits per heavy atom. The molecule has 0 fully saturated rings. The molecule has 0 bridgehead atoms. The second-order valence-electron chi connectivity index (χ2n) is 3.71. The van der Waals surface area contributed by atoms with Crippen molar-refractivity contribution in [1.82, 2.24) is 0 Å². The number of hydrogen-bond acceptors (Lipinski definition) is 1. The van der Waals surface area contributed by atoms with Crippen molar-refractivity contribution in [1.29, 1.82) is 0 Å². The Balaban J connectivity index is 2.52. The lowest BCUT2D eigenvalue weighted by atomic mass is 10.0. The minimum absolute atomic E-state index is 0.218. The van der Waals surface area contributed by atoms with Crippen molar-refractivity contribution in [2.75, 3.05) is 4.43 Å². The highest BCUT2D eigenvalue weighted by atomic mass is 127. The highest BCUT2D eigenvalue weighted by Gasteiger charge is 2.02. The van der Waals surface area contributed by atoms with E-state index in [4.69, 9.17) is 0 Å². The van der Waals surface area contributed by atoms with E-state index < -0.39 is 0 Å². The van der Waals surface area contributed by atoms with Gasteiger partial charge in [-0.05, 0) is 18.4 Å². The zero-order chi connectivity index (χ0) is 11.1. The summed E-state index contributed by atoms with van der Waals surface area (Å²) in [5.74, 6) is 0.218. The second-order valence-corrected chi connectivity index (χ2v) is 4.47. The van der Waals surface area contributed by atoms with Crippen molar-refractivity contribution in [3.8, 4) is 0 Å². The summed E-state index contributed by atoms with van der Waals surface area (Å²) in [6, 6.07) is 8.05. The molecule has 0 aliphatic carbocycles. The van der Waals surface area contributed by atoms with Gasteiger partial charge in [0.25, 0.3) is 0 Å². The number of Topliss-reactive ketones (excluding diaryl/α,β-unsaturated/α-hetero) is 1. The Labute approximate surface area is 105 Å². The van der Waals surface area contributed by atoms with Gasteiger partial charge in [-0.2, -0.15) is 0 Å². The first-order chi connectivity index (χ1) is 7.27. The molecule has 1 aromatic carbocycles. The minimum atomic E-state index is 0.218. The molecule has 0 heterocycles. The number of hydrogen-bond donors (Lipinski definition) is 0. The van der Waals surface area contributed by atoms with E-state index in [1.807, 2.05) is 12.1 Å². The van der Waals surface area contributed by atoms with Crippen molar-refractivity contribution in [2.45, 2.75) is 32.6 Å². The molecule has 0 unspecified atom stereocenters. The summed E-state index contributed by atoms with van der Waals surface area (Å²) in [5.41, 5.74) is 2.18. The fourth-order valence-corrected chi connectivity index (χ4v) is 1.95. The Morgan fingerprint density at radius 2 is 1.87 bits per heavy atom. The lowest BCUT2D eigenvalue weighted by molar-refractivity contribution is 0.102. The van der Waals surface area contributed by atoms with Gasteiger partial charge in [0.1, 0.15) is 0 Å². The van der Waals surface area contributed by atoms with Crippen LogP contribution in [-0.2, 0) is 6.42 Å². The molecule has 15 heavy (non-hydrogen) atoms. The monoisotopic (exact) mass is 316 g/mol. The normalized spacial score (nSPS) is 10.3. The Morgan fingerprint density at radius 3 is 2.40 bits per heavy atom. The van der Waals surface area contributed by atoms with E-state index in [0.717, 1.165) is 12.0 Å². The van der Waals surface area contributed by atoms with E-state index in [2.05, 4.69) is 41.6 Å². The standard InChI is InChI=1S/C13H17IO/c1-2-3-4-5-11-6-8-12(9-7-11)13(15)10-14/h6-9H,2-5,10H2,1H3. The summed E-state index contributed by atoms with van der Waals surface area (Å²) in [6.45, 7) is 2.21. The van der Waals surface area contributed by atoms with Crippen LogP contribution in [0.3, 0.4) is 0 Å². The molecule has 0 spiro atoms. The molecule has 1 nitrogen and oxygen atoms in total. The quantitative estimate of drug-likeness (QED) is 0.335. The van der Waals surface area contributed by atoms with Gasteiger partial charge in [-0.3, -0.25) is 4.79 Å². The molecule has 0 amide bonds. The largest absolute Gasteiger partial charge is 0.293 e. The number of alkyl halides is 1. The van der Waals surface area contributed by atoms with Crippen LogP contribution in [0.25, 0.3) is 0 Å². The molecule has 0 radical (unpaired) electrons. The molecular weight excluding hydrogens is 299 g/mol. The van der Waals surface area contributed by atoms with Crippen LogP contribution in [0.2, 0.25) is 0 Å². The lowest BCUT2D eigenvalue weighted by Crippen LogP contribution is -1.99. The first-order valence-corrected chi connectivity index (χ1v) is 6.98. The maximum Gasteiger partial charge on any atom is 0.172 e. The smallest absolute Gasteiger partial charge is 0.172 e. The Hall–Kier alpha value is -0.380. The lowest BCUT2D eigenvalue weighted by Gasteiger charge is -2.02. The van der Waals surface area contributed by atoms with E-state index in [0.29, 0.717) is 4.43 Å². The van der Waals surface area contributed by atoms with Gasteiger partial charge in [-0.25, -0.2) is 0 Å². The molecule has 0 atom stereocenters. The van der Waals surface area contributed by atoms with E-state index in [1.165, 1.54) is 24.8 Å². The van der Waals surface area contributed by atoms with Crippen LogP contribution in [0, 0.1) is 0 Å². The number of ketones is 1. The first kappa shape index (κ1) is 12.7. The maximum absolute atomic E-state index is 11.4. The van der Waals surface area contributed by atoms with E-state index in [9.17, 15) is 4.79 Å². The van der Waals surface area contributed by atoms with Crippen molar-refractivity contribution in [3.63, 3.8) is 0 Å². The molecule has 1 rings (SSSR count). The van der Waals surface area contributed by atoms with Gasteiger partial charge in [0.2, 0.25) is 0 Å². The van der Waals surface area contributed by atoms with Gasteiger partial charge in [0.05, 0.1) is 4.43 Å². The summed E-state index contributed by atoms with van der Waals surface area (Å²) in [5, 5.41) is 0. The minimum Gasteiger partial charge on any atom is -0.293 e. The van der Waals surface area contributed by atoms with Crippen LogP contribution < -0.4 is 0 Å². The summed E-state index contributed by atoms with van der Waals surface area (Å²) >= 11 is 2.10. The fourth-order valence-electron chi connectivity index (χ4n) is 1.51. The highest BCUT2D eigenvalue weighted by molar-refractivity contribution is 14.1. The van der Waals surface area contributed by atoms with Crippen LogP contribution in [0.5, 0.6) is 0 Å². The highest BCUT2D eigenvalue weighted by Crippen LogP contribution is 2.10. The Kier molecular flexibility index (Phi) is 5.91. The van der Waals surface area contributed by atoms with E-state index in [-0.39, 0.29) is 5.78 Å². The molecule has 0 aromatic heterocycles. The molecular formula is C13H17IO. The van der Waals surface area contributed by atoms with Crippen molar-refractivity contribution < 1.29 is 4.79 Å². The SMILES string of the molecule is CCCCCc1ccc(C(=O)CI)cc1. The average molecular weight is 316 g/mol. The zero-order valence-corrected chi connectivity index (χ0v) is 11.3.